The van der Waals surface area contributed by atoms with Gasteiger partial charge in [-0.15, -0.1) is 0 Å². The molecule has 0 aliphatic heterocycles. The van der Waals surface area contributed by atoms with Crippen molar-refractivity contribution in [2.45, 2.75) is 6.92 Å². The van der Waals surface area contributed by atoms with Crippen LogP contribution >= 0.6 is 0 Å². The Morgan fingerprint density at radius 3 is 2.58 bits per heavy atom. The summed E-state index contributed by atoms with van der Waals surface area (Å²) < 4.78 is 5.38. The van der Waals surface area contributed by atoms with Crippen LogP contribution in [0.25, 0.3) is 10.8 Å². The Bertz CT molecular complexity index is 916. The molecule has 0 saturated heterocycles. The summed E-state index contributed by atoms with van der Waals surface area (Å²) >= 11 is 0. The van der Waals surface area contributed by atoms with Gasteiger partial charge in [-0.3, -0.25) is 4.79 Å². The maximum atomic E-state index is 12.1. The molecule has 0 radical (unpaired) electrons. The fraction of sp³-hybridized carbons (Fsp3) is 0.100. The highest BCUT2D eigenvalue weighted by Gasteiger charge is 2.06. The van der Waals surface area contributed by atoms with Gasteiger partial charge in [0.05, 0.1) is 13.3 Å². The van der Waals surface area contributed by atoms with E-state index in [2.05, 4.69) is 10.5 Å². The molecule has 3 aromatic rings. The molecule has 0 aromatic heterocycles. The molecule has 1 amide bonds. The predicted octanol–water partition coefficient (Wildman–Crippen LogP) is 3.92. The molecule has 0 aliphatic carbocycles. The summed E-state index contributed by atoms with van der Waals surface area (Å²) in [6.45, 7) is 1.95. The zero-order valence-corrected chi connectivity index (χ0v) is 13.6. The Balaban J connectivity index is 1.82. The number of hydrogen-bond donors (Lipinski definition) is 1. The molecule has 0 unspecified atom stereocenters. The molecular formula is C20H18N2O2. The number of benzene rings is 3. The average molecular weight is 318 g/mol. The average Bonchev–Trinajstić information content (AvgIpc) is 2.61. The van der Waals surface area contributed by atoms with Crippen molar-refractivity contribution in [3.8, 4) is 5.75 Å². The minimum atomic E-state index is -0.229. The van der Waals surface area contributed by atoms with Crippen LogP contribution in [0.2, 0.25) is 0 Å². The van der Waals surface area contributed by atoms with Crippen molar-refractivity contribution in [1.29, 1.82) is 0 Å². The molecule has 0 atom stereocenters. The van der Waals surface area contributed by atoms with Crippen molar-refractivity contribution in [3.63, 3.8) is 0 Å². The van der Waals surface area contributed by atoms with Gasteiger partial charge in [0.2, 0.25) is 0 Å². The van der Waals surface area contributed by atoms with E-state index < -0.39 is 0 Å². The van der Waals surface area contributed by atoms with Gasteiger partial charge in [-0.05, 0) is 36.6 Å². The van der Waals surface area contributed by atoms with E-state index >= 15 is 0 Å². The summed E-state index contributed by atoms with van der Waals surface area (Å²) in [5, 5.41) is 6.12. The SMILES string of the molecule is COc1ccc(/C=N\NC(=O)c2cccc(C)c2)c2ccccc12. The number of aryl methyl sites for hydroxylation is 1. The smallest absolute Gasteiger partial charge is 0.271 e. The van der Waals surface area contributed by atoms with Crippen LogP contribution in [0.3, 0.4) is 0 Å². The predicted molar refractivity (Wildman–Crippen MR) is 96.7 cm³/mol. The Morgan fingerprint density at radius 1 is 1.04 bits per heavy atom. The van der Waals surface area contributed by atoms with Crippen LogP contribution in [-0.2, 0) is 0 Å². The van der Waals surface area contributed by atoms with E-state index in [0.717, 1.165) is 27.6 Å². The van der Waals surface area contributed by atoms with Crippen LogP contribution in [0.1, 0.15) is 21.5 Å². The highest BCUT2D eigenvalue weighted by molar-refractivity contribution is 6.03. The van der Waals surface area contributed by atoms with Crippen LogP contribution in [0.4, 0.5) is 0 Å². The lowest BCUT2D eigenvalue weighted by Gasteiger charge is -2.07. The Hall–Kier alpha value is -3.14. The number of fused-ring (bicyclic) bond motifs is 1. The number of hydrazone groups is 1. The Kier molecular flexibility index (Phi) is 4.57. The third-order valence-corrected chi connectivity index (χ3v) is 3.79. The zero-order valence-electron chi connectivity index (χ0n) is 13.6. The van der Waals surface area contributed by atoms with E-state index in [1.807, 2.05) is 61.5 Å². The van der Waals surface area contributed by atoms with Crippen LogP contribution in [0.15, 0.2) is 65.8 Å². The van der Waals surface area contributed by atoms with Crippen LogP contribution in [0.5, 0.6) is 5.75 Å². The second kappa shape index (κ2) is 6.96. The molecule has 0 fully saturated rings. The lowest BCUT2D eigenvalue weighted by Crippen LogP contribution is -2.17. The number of carbonyl (C=O) groups is 1. The number of nitrogens with zero attached hydrogens (tertiary/aromatic N) is 1. The molecule has 24 heavy (non-hydrogen) atoms. The second-order valence-electron chi connectivity index (χ2n) is 5.47. The van der Waals surface area contributed by atoms with Crippen molar-refractivity contribution in [1.82, 2.24) is 5.43 Å². The number of nitrogens with one attached hydrogen (secondary N) is 1. The highest BCUT2D eigenvalue weighted by Crippen LogP contribution is 2.27. The summed E-state index contributed by atoms with van der Waals surface area (Å²) in [7, 11) is 1.65. The first-order chi connectivity index (χ1) is 11.7. The number of ether oxygens (including phenoxy) is 1. The van der Waals surface area contributed by atoms with Crippen molar-refractivity contribution in [2.24, 2.45) is 5.10 Å². The molecule has 0 aliphatic rings. The molecule has 0 heterocycles. The van der Waals surface area contributed by atoms with Gasteiger partial charge in [0.25, 0.3) is 5.91 Å². The first kappa shape index (κ1) is 15.7. The molecule has 1 N–H and O–H groups in total. The van der Waals surface area contributed by atoms with E-state index in [9.17, 15) is 4.79 Å². The fourth-order valence-corrected chi connectivity index (χ4v) is 2.60. The number of hydrogen-bond acceptors (Lipinski definition) is 3. The maximum absolute atomic E-state index is 12.1. The molecule has 0 spiro atoms. The fourth-order valence-electron chi connectivity index (χ4n) is 2.60. The molecule has 3 aromatic carbocycles. The Labute approximate surface area is 140 Å². The van der Waals surface area contributed by atoms with E-state index in [-0.39, 0.29) is 5.91 Å². The highest BCUT2D eigenvalue weighted by atomic mass is 16.5. The van der Waals surface area contributed by atoms with Crippen LogP contribution < -0.4 is 10.2 Å². The molecule has 3 rings (SSSR count). The maximum Gasteiger partial charge on any atom is 0.271 e. The van der Waals surface area contributed by atoms with Crippen molar-refractivity contribution < 1.29 is 9.53 Å². The monoisotopic (exact) mass is 318 g/mol. The van der Waals surface area contributed by atoms with Crippen molar-refractivity contribution in [3.05, 3.63) is 77.4 Å². The van der Waals surface area contributed by atoms with E-state index in [0.29, 0.717) is 5.56 Å². The van der Waals surface area contributed by atoms with E-state index in [1.54, 1.807) is 19.4 Å². The van der Waals surface area contributed by atoms with Crippen LogP contribution in [0, 0.1) is 6.92 Å². The van der Waals surface area contributed by atoms with Crippen molar-refractivity contribution in [2.75, 3.05) is 7.11 Å². The summed E-state index contributed by atoms with van der Waals surface area (Å²) in [6, 6.07) is 19.1. The number of carbonyl (C=O) groups excluding carboxylic acids is 1. The van der Waals surface area contributed by atoms with Gasteiger partial charge in [-0.25, -0.2) is 5.43 Å². The minimum absolute atomic E-state index is 0.229. The molecular weight excluding hydrogens is 300 g/mol. The van der Waals surface area contributed by atoms with Gasteiger partial charge in [-0.2, -0.15) is 5.10 Å². The van der Waals surface area contributed by atoms with Gasteiger partial charge in [0, 0.05) is 16.5 Å². The van der Waals surface area contributed by atoms with Gasteiger partial charge in [0.15, 0.2) is 0 Å². The minimum Gasteiger partial charge on any atom is -0.496 e. The molecule has 0 bridgehead atoms. The number of amides is 1. The van der Waals surface area contributed by atoms with Gasteiger partial charge in [-0.1, -0.05) is 42.0 Å². The third-order valence-electron chi connectivity index (χ3n) is 3.79. The second-order valence-corrected chi connectivity index (χ2v) is 5.47. The lowest BCUT2D eigenvalue weighted by molar-refractivity contribution is 0.0955. The number of rotatable bonds is 4. The third kappa shape index (κ3) is 3.27. The van der Waals surface area contributed by atoms with Gasteiger partial charge < -0.3 is 4.74 Å². The van der Waals surface area contributed by atoms with Gasteiger partial charge >= 0.3 is 0 Å². The first-order valence-electron chi connectivity index (χ1n) is 7.65. The lowest BCUT2D eigenvalue weighted by atomic mass is 10.0. The van der Waals surface area contributed by atoms with Crippen molar-refractivity contribution >= 4 is 22.9 Å². The van der Waals surface area contributed by atoms with Crippen LogP contribution in [-0.4, -0.2) is 19.2 Å². The van der Waals surface area contributed by atoms with E-state index in [4.69, 9.17) is 4.74 Å². The summed E-state index contributed by atoms with van der Waals surface area (Å²) in [4.78, 5) is 12.1. The zero-order chi connectivity index (χ0) is 16.9. The van der Waals surface area contributed by atoms with Gasteiger partial charge in [0.1, 0.15) is 5.75 Å². The number of methoxy groups -OCH3 is 1. The molecule has 4 heteroatoms. The summed E-state index contributed by atoms with van der Waals surface area (Å²) in [5.41, 5.74) is 5.10. The molecule has 120 valence electrons. The molecule has 4 nitrogen and oxygen atoms in total. The normalized spacial score (nSPS) is 10.9. The Morgan fingerprint density at radius 2 is 1.83 bits per heavy atom. The topological polar surface area (TPSA) is 50.7 Å². The molecule has 0 saturated carbocycles. The largest absolute Gasteiger partial charge is 0.496 e. The quantitative estimate of drug-likeness (QED) is 0.585. The summed E-state index contributed by atoms with van der Waals surface area (Å²) in [5.74, 6) is 0.583. The standard InChI is InChI=1S/C20H18N2O2/c1-14-6-5-7-15(12-14)20(23)22-21-13-16-10-11-19(24-2)18-9-4-3-8-17(16)18/h3-13H,1-2H3,(H,22,23)/b21-13-. The van der Waals surface area contributed by atoms with E-state index in [1.165, 1.54) is 0 Å². The summed E-state index contributed by atoms with van der Waals surface area (Å²) in [6.07, 6.45) is 1.65. The first-order valence-corrected chi connectivity index (χ1v) is 7.65.